The molecule has 0 aliphatic carbocycles. The Morgan fingerprint density at radius 2 is 2.18 bits per heavy atom. The van der Waals surface area contributed by atoms with Crippen LogP contribution in [0.1, 0.15) is 25.3 Å². The summed E-state index contributed by atoms with van der Waals surface area (Å²) in [7, 11) is 0. The predicted molar refractivity (Wildman–Crippen MR) is 68.0 cm³/mol. The van der Waals surface area contributed by atoms with Gasteiger partial charge in [-0.1, -0.05) is 0 Å². The Hall–Kier alpha value is -1.58. The number of anilines is 1. The molecule has 17 heavy (non-hydrogen) atoms. The van der Waals surface area contributed by atoms with E-state index in [9.17, 15) is 4.79 Å². The van der Waals surface area contributed by atoms with Gasteiger partial charge in [-0.3, -0.25) is 4.79 Å². The van der Waals surface area contributed by atoms with Crippen LogP contribution in [0.25, 0.3) is 0 Å². The molecule has 0 spiro atoms. The lowest BCUT2D eigenvalue weighted by atomic mass is 10.0. The Morgan fingerprint density at radius 1 is 1.47 bits per heavy atom. The summed E-state index contributed by atoms with van der Waals surface area (Å²) in [6.45, 7) is 5.58. The quantitative estimate of drug-likeness (QED) is 0.842. The normalized spacial score (nSPS) is 16.9. The number of nitrogens with zero attached hydrogens (tertiary/aromatic N) is 2. The first-order chi connectivity index (χ1) is 8.15. The highest BCUT2D eigenvalue weighted by Gasteiger charge is 2.20. The molecule has 1 aromatic rings. The molecule has 0 unspecified atom stereocenters. The Bertz CT molecular complexity index is 397. The predicted octanol–water partition coefficient (Wildman–Crippen LogP) is 1.49. The molecule has 0 saturated carbocycles. The number of hydrogen-bond acceptors (Lipinski definition) is 3. The van der Waals surface area contributed by atoms with Crippen LogP contribution < -0.4 is 10.2 Å². The zero-order chi connectivity index (χ0) is 12.3. The number of pyridine rings is 1. The standard InChI is InChI=1S/C13H19N3O/c1-10-3-6-14-13(9-10)16-7-4-12(5-8-16)15-11(2)17/h3,6,9,12H,4-5,7-8H2,1-2H3,(H,15,17). The molecule has 2 heterocycles. The van der Waals surface area contributed by atoms with Crippen LogP contribution >= 0.6 is 0 Å². The topological polar surface area (TPSA) is 45.2 Å². The Morgan fingerprint density at radius 3 is 2.76 bits per heavy atom. The summed E-state index contributed by atoms with van der Waals surface area (Å²) >= 11 is 0. The smallest absolute Gasteiger partial charge is 0.217 e. The third-order valence-electron chi connectivity index (χ3n) is 3.13. The zero-order valence-corrected chi connectivity index (χ0v) is 10.4. The molecule has 0 aromatic carbocycles. The minimum absolute atomic E-state index is 0.0668. The summed E-state index contributed by atoms with van der Waals surface area (Å²) < 4.78 is 0. The number of carbonyl (C=O) groups excluding carboxylic acids is 1. The second-order valence-corrected chi connectivity index (χ2v) is 4.65. The van der Waals surface area contributed by atoms with E-state index < -0.39 is 0 Å². The fourth-order valence-electron chi connectivity index (χ4n) is 2.23. The van der Waals surface area contributed by atoms with Crippen molar-refractivity contribution in [3.8, 4) is 0 Å². The molecule has 4 heteroatoms. The fourth-order valence-corrected chi connectivity index (χ4v) is 2.23. The van der Waals surface area contributed by atoms with E-state index in [-0.39, 0.29) is 5.91 Å². The van der Waals surface area contributed by atoms with Gasteiger partial charge in [0.25, 0.3) is 0 Å². The third kappa shape index (κ3) is 3.19. The maximum atomic E-state index is 11.0. The summed E-state index contributed by atoms with van der Waals surface area (Å²) in [5, 5.41) is 2.98. The van der Waals surface area contributed by atoms with Crippen LogP contribution in [0.15, 0.2) is 18.3 Å². The molecule has 1 aliphatic heterocycles. The lowest BCUT2D eigenvalue weighted by Gasteiger charge is -2.33. The summed E-state index contributed by atoms with van der Waals surface area (Å²) in [6, 6.07) is 4.44. The van der Waals surface area contributed by atoms with E-state index in [1.807, 2.05) is 12.3 Å². The lowest BCUT2D eigenvalue weighted by molar-refractivity contribution is -0.119. The highest BCUT2D eigenvalue weighted by molar-refractivity contribution is 5.73. The van der Waals surface area contributed by atoms with Crippen molar-refractivity contribution in [1.29, 1.82) is 0 Å². The molecule has 0 radical (unpaired) electrons. The number of carbonyl (C=O) groups is 1. The average Bonchev–Trinajstić information content (AvgIpc) is 2.29. The van der Waals surface area contributed by atoms with Gasteiger partial charge < -0.3 is 10.2 Å². The van der Waals surface area contributed by atoms with E-state index in [4.69, 9.17) is 0 Å². The van der Waals surface area contributed by atoms with Crippen molar-refractivity contribution < 1.29 is 4.79 Å². The van der Waals surface area contributed by atoms with Crippen LogP contribution in [0.2, 0.25) is 0 Å². The van der Waals surface area contributed by atoms with Gasteiger partial charge in [0.15, 0.2) is 0 Å². The molecule has 1 fully saturated rings. The SMILES string of the molecule is CC(=O)NC1CCN(c2cc(C)ccn2)CC1. The minimum Gasteiger partial charge on any atom is -0.356 e. The van der Waals surface area contributed by atoms with Gasteiger partial charge in [-0.15, -0.1) is 0 Å². The fraction of sp³-hybridized carbons (Fsp3) is 0.538. The van der Waals surface area contributed by atoms with Crippen LogP contribution in [0, 0.1) is 6.92 Å². The number of piperidine rings is 1. The van der Waals surface area contributed by atoms with Crippen LogP contribution in [-0.2, 0) is 4.79 Å². The molecule has 1 aliphatic rings. The third-order valence-corrected chi connectivity index (χ3v) is 3.13. The van der Waals surface area contributed by atoms with Crippen LogP contribution in [-0.4, -0.2) is 30.0 Å². The molecule has 1 amide bonds. The van der Waals surface area contributed by atoms with Gasteiger partial charge in [0.1, 0.15) is 5.82 Å². The number of nitrogens with one attached hydrogen (secondary N) is 1. The number of amides is 1. The number of hydrogen-bond donors (Lipinski definition) is 1. The average molecular weight is 233 g/mol. The highest BCUT2D eigenvalue weighted by Crippen LogP contribution is 2.18. The van der Waals surface area contributed by atoms with Crippen LogP contribution in [0.4, 0.5) is 5.82 Å². The molecule has 1 saturated heterocycles. The van der Waals surface area contributed by atoms with E-state index in [1.165, 1.54) is 5.56 Å². The molecular weight excluding hydrogens is 214 g/mol. The van der Waals surface area contributed by atoms with Crippen molar-refractivity contribution in [2.75, 3.05) is 18.0 Å². The molecular formula is C13H19N3O. The maximum absolute atomic E-state index is 11.0. The van der Waals surface area contributed by atoms with E-state index >= 15 is 0 Å². The molecule has 4 nitrogen and oxygen atoms in total. The largest absolute Gasteiger partial charge is 0.356 e. The summed E-state index contributed by atoms with van der Waals surface area (Å²) in [6.07, 6.45) is 3.84. The Labute approximate surface area is 102 Å². The van der Waals surface area contributed by atoms with Crippen molar-refractivity contribution in [2.45, 2.75) is 32.7 Å². The molecule has 0 atom stereocenters. The highest BCUT2D eigenvalue weighted by atomic mass is 16.1. The Balaban J connectivity index is 1.93. The first-order valence-corrected chi connectivity index (χ1v) is 6.10. The van der Waals surface area contributed by atoms with Crippen molar-refractivity contribution in [1.82, 2.24) is 10.3 Å². The molecule has 92 valence electrons. The van der Waals surface area contributed by atoms with Gasteiger partial charge in [-0.25, -0.2) is 4.98 Å². The Kier molecular flexibility index (Phi) is 3.61. The van der Waals surface area contributed by atoms with Gasteiger partial charge in [0, 0.05) is 32.3 Å². The minimum atomic E-state index is 0.0668. The maximum Gasteiger partial charge on any atom is 0.217 e. The second-order valence-electron chi connectivity index (χ2n) is 4.65. The number of aromatic nitrogens is 1. The number of rotatable bonds is 2. The van der Waals surface area contributed by atoms with Crippen molar-refractivity contribution in [2.24, 2.45) is 0 Å². The second kappa shape index (κ2) is 5.17. The van der Waals surface area contributed by atoms with Gasteiger partial charge in [-0.2, -0.15) is 0 Å². The molecule has 0 bridgehead atoms. The first-order valence-electron chi connectivity index (χ1n) is 6.10. The van der Waals surface area contributed by atoms with Gasteiger partial charge in [0.2, 0.25) is 5.91 Å². The van der Waals surface area contributed by atoms with Gasteiger partial charge in [-0.05, 0) is 37.5 Å². The van der Waals surface area contributed by atoms with Crippen LogP contribution in [0.5, 0.6) is 0 Å². The van der Waals surface area contributed by atoms with Crippen molar-refractivity contribution in [3.63, 3.8) is 0 Å². The summed E-state index contributed by atoms with van der Waals surface area (Å²) in [5.74, 6) is 1.11. The van der Waals surface area contributed by atoms with Crippen molar-refractivity contribution in [3.05, 3.63) is 23.9 Å². The van der Waals surface area contributed by atoms with E-state index in [2.05, 4.69) is 28.2 Å². The van der Waals surface area contributed by atoms with Gasteiger partial charge >= 0.3 is 0 Å². The number of aryl methyl sites for hydroxylation is 1. The molecule has 2 rings (SSSR count). The molecule has 1 aromatic heterocycles. The van der Waals surface area contributed by atoms with E-state index in [0.717, 1.165) is 31.7 Å². The molecule has 1 N–H and O–H groups in total. The monoisotopic (exact) mass is 233 g/mol. The first kappa shape index (κ1) is 11.9. The lowest BCUT2D eigenvalue weighted by Crippen LogP contribution is -2.44. The van der Waals surface area contributed by atoms with Crippen molar-refractivity contribution >= 4 is 11.7 Å². The van der Waals surface area contributed by atoms with Gasteiger partial charge in [0.05, 0.1) is 0 Å². The summed E-state index contributed by atoms with van der Waals surface area (Å²) in [4.78, 5) is 17.6. The zero-order valence-electron chi connectivity index (χ0n) is 10.4. The van der Waals surface area contributed by atoms with Crippen LogP contribution in [0.3, 0.4) is 0 Å². The van der Waals surface area contributed by atoms with E-state index in [1.54, 1.807) is 6.92 Å². The summed E-state index contributed by atoms with van der Waals surface area (Å²) in [5.41, 5.74) is 1.24. The van der Waals surface area contributed by atoms with E-state index in [0.29, 0.717) is 6.04 Å².